The number of hydrogen-bond donors (Lipinski definition) is 0. The number of rotatable bonds is 12. The Balaban J connectivity index is 0.00000860. The third-order valence-electron chi connectivity index (χ3n) is 14.2. The molecule has 0 spiro atoms. The first-order valence-corrected chi connectivity index (χ1v) is 34.6. The molecule has 3 aromatic heterocycles. The molecule has 0 radical (unpaired) electrons. The molecule has 4 aromatic carbocycles. The second kappa shape index (κ2) is 24.5. The zero-order valence-electron chi connectivity index (χ0n) is 50.5. The molecule has 8 bridgehead atoms. The summed E-state index contributed by atoms with van der Waals surface area (Å²) in [5, 5.41) is 0. The van der Waals surface area contributed by atoms with Gasteiger partial charge in [0.25, 0.3) is 0 Å². The van der Waals surface area contributed by atoms with Crippen LogP contribution in [0.4, 0.5) is 0 Å². The van der Waals surface area contributed by atoms with Crippen LogP contribution in [-0.4, -0.2) is 54.6 Å². The van der Waals surface area contributed by atoms with E-state index in [0.29, 0.717) is 26.4 Å². The summed E-state index contributed by atoms with van der Waals surface area (Å²) >= 11 is 0. The molecular formula is C70H76N4O4Si2Zn. The number of fused-ring (bicyclic) bond motifs is 8. The largest absolute Gasteiger partial charge is 2.00 e. The van der Waals surface area contributed by atoms with E-state index < -0.39 is 16.1 Å². The molecule has 0 unspecified atom stereocenters. The van der Waals surface area contributed by atoms with Gasteiger partial charge >= 0.3 is 19.5 Å². The summed E-state index contributed by atoms with van der Waals surface area (Å²) in [5.74, 6) is 6.93. The number of aromatic nitrogens is 4. The first-order valence-electron chi connectivity index (χ1n) is 27.6. The second-order valence-electron chi connectivity index (χ2n) is 25.1. The van der Waals surface area contributed by atoms with Crippen LogP contribution in [-0.2, 0) is 75.7 Å². The molecule has 2 aliphatic rings. The minimum absolute atomic E-state index is 0. The van der Waals surface area contributed by atoms with Gasteiger partial charge in [-0.2, -0.15) is 0 Å². The summed E-state index contributed by atoms with van der Waals surface area (Å²) in [6.07, 6.45) is 8.48. The molecule has 0 aliphatic carbocycles. The van der Waals surface area contributed by atoms with Crippen molar-refractivity contribution in [2.75, 3.05) is 28.4 Å². The zero-order valence-corrected chi connectivity index (χ0v) is 55.5. The SMILES string of the molecule is COCc1cc(C(C)(C)C)cc(COC)c1-c1c2nc(c(-c3ccc(C#C[Si](C)(C)C)cc3)c3ccc([n-]3)c(-c3c(COC)cc(C(C)(C)C)cc3COC)c3nc(c(-c4ccc(C#C[Si](C)(C)C)cc4)c4ccc1[n-]4)C=C3)C=C2.[Zn+2]. The number of ether oxygens (including phenoxy) is 4. The number of benzene rings is 4. The number of hydrogen-bond acceptors (Lipinski definition) is 6. The zero-order chi connectivity index (χ0) is 57.3. The van der Waals surface area contributed by atoms with Gasteiger partial charge in [0.1, 0.15) is 16.1 Å². The fraction of sp³-hybridized carbons (Fsp3) is 0.314. The summed E-state index contributed by atoms with van der Waals surface area (Å²) in [7, 11) is 3.74. The van der Waals surface area contributed by atoms with Crippen LogP contribution in [0.3, 0.4) is 0 Å². The Morgan fingerprint density at radius 1 is 0.395 bits per heavy atom. The molecule has 410 valence electrons. The van der Waals surface area contributed by atoms with Crippen LogP contribution >= 0.6 is 0 Å². The smallest absolute Gasteiger partial charge is 0.657 e. The van der Waals surface area contributed by atoms with Gasteiger partial charge in [-0.25, -0.2) is 9.97 Å². The van der Waals surface area contributed by atoms with E-state index in [2.05, 4.69) is 225 Å². The monoisotopic (exact) mass is 1160 g/mol. The van der Waals surface area contributed by atoms with E-state index in [1.807, 2.05) is 0 Å². The maximum atomic E-state index is 6.05. The first-order chi connectivity index (χ1) is 38.0. The molecule has 9 rings (SSSR count). The van der Waals surface area contributed by atoms with Crippen molar-refractivity contribution < 1.29 is 38.4 Å². The molecule has 0 saturated carbocycles. The fourth-order valence-corrected chi connectivity index (χ4v) is 11.3. The predicted octanol–water partition coefficient (Wildman–Crippen LogP) is 16.2. The van der Waals surface area contributed by atoms with Crippen LogP contribution in [0, 0.1) is 22.9 Å². The van der Waals surface area contributed by atoms with Crippen molar-refractivity contribution in [3.05, 3.63) is 164 Å². The topological polar surface area (TPSA) is 90.9 Å². The molecule has 0 saturated heterocycles. The Morgan fingerprint density at radius 3 is 0.926 bits per heavy atom. The molecule has 0 amide bonds. The summed E-state index contributed by atoms with van der Waals surface area (Å²) < 4.78 is 24.2. The van der Waals surface area contributed by atoms with E-state index in [9.17, 15) is 0 Å². The molecule has 0 fully saturated rings. The summed E-state index contributed by atoms with van der Waals surface area (Å²) in [6.45, 7) is 28.5. The normalized spacial score (nSPS) is 12.4. The quantitative estimate of drug-likeness (QED) is 0.0883. The van der Waals surface area contributed by atoms with Crippen LogP contribution < -0.4 is 9.97 Å². The van der Waals surface area contributed by atoms with Crippen LogP contribution in [0.2, 0.25) is 39.3 Å². The van der Waals surface area contributed by atoms with Gasteiger partial charge < -0.3 is 28.9 Å². The molecule has 11 heteroatoms. The Hall–Kier alpha value is -6.50. The van der Waals surface area contributed by atoms with Gasteiger partial charge in [-0.15, -0.1) is 33.2 Å². The molecule has 7 aromatic rings. The van der Waals surface area contributed by atoms with E-state index in [1.165, 1.54) is 11.1 Å². The van der Waals surface area contributed by atoms with E-state index >= 15 is 0 Å². The van der Waals surface area contributed by atoms with Gasteiger partial charge in [0.15, 0.2) is 0 Å². The number of nitrogens with zero attached hydrogens (tertiary/aromatic N) is 4. The maximum Gasteiger partial charge on any atom is 2.00 e. The van der Waals surface area contributed by atoms with Gasteiger partial charge in [0.2, 0.25) is 0 Å². The standard InChI is InChI=1S/C70H76N4O4Si2.Zn/c1-69(2,3)53-37-49(41-75-7)63(50(38-53)42-76-8)67-59-29-25-55(71-59)65(47-21-17-45(18-22-47)33-35-79(11,12)13)57-27-31-61(73-57)68(64-51(43-77-9)39-54(70(4,5)6)40-52(64)44-78-10)62-32-28-58(74-62)66(56-26-30-60(67)72-56)48-23-19-46(20-24-48)34-36-80(14,15)16;/h17-32,37-40H,41-44H2,1-16H3;/q-2;+2. The Kier molecular flexibility index (Phi) is 18.3. The molecule has 5 heterocycles. The third kappa shape index (κ3) is 13.7. The molecular weight excluding hydrogens is 1080 g/mol. The third-order valence-corrected chi connectivity index (χ3v) is 15.9. The number of methoxy groups -OCH3 is 4. The van der Waals surface area contributed by atoms with Gasteiger partial charge in [0.05, 0.1) is 49.2 Å². The van der Waals surface area contributed by atoms with Crippen molar-refractivity contribution in [3.63, 3.8) is 0 Å². The average molecular weight is 1160 g/mol. The van der Waals surface area contributed by atoms with E-state index in [-0.39, 0.29) is 30.3 Å². The van der Waals surface area contributed by atoms with E-state index in [1.54, 1.807) is 28.4 Å². The molecule has 2 aliphatic heterocycles. The first kappa shape index (κ1) is 60.6. The van der Waals surface area contributed by atoms with Crippen LogP contribution in [0.15, 0.2) is 97.1 Å². The van der Waals surface area contributed by atoms with Crippen LogP contribution in [0.1, 0.15) is 109 Å². The Labute approximate surface area is 496 Å². The molecule has 0 N–H and O–H groups in total. The Morgan fingerprint density at radius 2 is 0.667 bits per heavy atom. The molecule has 8 nitrogen and oxygen atoms in total. The van der Waals surface area contributed by atoms with Crippen molar-refractivity contribution in [1.82, 2.24) is 19.9 Å². The second-order valence-corrected chi connectivity index (χ2v) is 34.6. The van der Waals surface area contributed by atoms with Crippen molar-refractivity contribution in [3.8, 4) is 67.4 Å². The predicted molar refractivity (Wildman–Crippen MR) is 339 cm³/mol. The average Bonchev–Trinajstić information content (AvgIpc) is 4.29. The van der Waals surface area contributed by atoms with Crippen LogP contribution in [0.25, 0.3) is 90.9 Å². The van der Waals surface area contributed by atoms with Crippen molar-refractivity contribution >= 4 is 62.5 Å². The van der Waals surface area contributed by atoms with Crippen molar-refractivity contribution in [1.29, 1.82) is 0 Å². The summed E-state index contributed by atoms with van der Waals surface area (Å²) in [5.41, 5.74) is 28.7. The van der Waals surface area contributed by atoms with Crippen molar-refractivity contribution in [2.45, 2.75) is 118 Å². The summed E-state index contributed by atoms with van der Waals surface area (Å²) in [6, 6.07) is 34.6. The molecule has 0 atom stereocenters. The van der Waals surface area contributed by atoms with Gasteiger partial charge in [-0.3, -0.25) is 0 Å². The van der Waals surface area contributed by atoms with Gasteiger partial charge in [0, 0.05) is 39.6 Å². The molecule has 81 heavy (non-hydrogen) atoms. The van der Waals surface area contributed by atoms with E-state index in [0.717, 1.165) is 123 Å². The van der Waals surface area contributed by atoms with Gasteiger partial charge in [-0.1, -0.05) is 165 Å². The maximum absolute atomic E-state index is 6.05. The van der Waals surface area contributed by atoms with Gasteiger partial charge in [-0.05, 0) is 137 Å². The van der Waals surface area contributed by atoms with Crippen LogP contribution in [0.5, 0.6) is 0 Å². The summed E-state index contributed by atoms with van der Waals surface area (Å²) in [4.78, 5) is 22.7. The minimum atomic E-state index is -1.63. The Bertz CT molecular complexity index is 3560. The van der Waals surface area contributed by atoms with E-state index in [4.69, 9.17) is 38.9 Å². The fourth-order valence-electron chi connectivity index (χ4n) is 10.3. The minimum Gasteiger partial charge on any atom is -0.657 e. The van der Waals surface area contributed by atoms with Crippen molar-refractivity contribution in [2.24, 2.45) is 0 Å².